The van der Waals surface area contributed by atoms with Crippen molar-refractivity contribution < 1.29 is 12.8 Å². The number of hydrogen-bond acceptors (Lipinski definition) is 3. The molecule has 0 aromatic heterocycles. The standard InChI is InChI=1S/C12H18ClFN2O2S/c1-12(2,3)4-5-16-19(17,18)10-7-8(15)6-9(13)11(10)14/h6-7,16H,4-5,15H2,1-3H3. The fourth-order valence-corrected chi connectivity index (χ4v) is 2.86. The van der Waals surface area contributed by atoms with Crippen molar-refractivity contribution in [3.05, 3.63) is 23.0 Å². The van der Waals surface area contributed by atoms with Crippen molar-refractivity contribution in [3.8, 4) is 0 Å². The molecule has 1 aromatic carbocycles. The van der Waals surface area contributed by atoms with Gasteiger partial charge in [-0.3, -0.25) is 0 Å². The molecule has 0 spiro atoms. The Morgan fingerprint density at radius 1 is 1.37 bits per heavy atom. The predicted octanol–water partition coefficient (Wildman–Crippen LogP) is 2.78. The van der Waals surface area contributed by atoms with Gasteiger partial charge in [-0.2, -0.15) is 0 Å². The van der Waals surface area contributed by atoms with Gasteiger partial charge in [-0.05, 0) is 24.0 Å². The molecule has 0 bridgehead atoms. The second-order valence-corrected chi connectivity index (χ2v) is 7.67. The number of halogens is 2. The van der Waals surface area contributed by atoms with Crippen molar-refractivity contribution in [1.29, 1.82) is 0 Å². The summed E-state index contributed by atoms with van der Waals surface area (Å²) in [6.45, 7) is 6.18. The molecule has 19 heavy (non-hydrogen) atoms. The number of nitrogen functional groups attached to an aromatic ring is 1. The molecular weight excluding hydrogens is 291 g/mol. The second-order valence-electron chi connectivity index (χ2n) is 5.52. The lowest BCUT2D eigenvalue weighted by atomic mass is 9.93. The first-order chi connectivity index (χ1) is 8.53. The maximum atomic E-state index is 13.7. The summed E-state index contributed by atoms with van der Waals surface area (Å²) in [5.74, 6) is -0.987. The molecule has 0 saturated heterocycles. The normalized spacial score (nSPS) is 12.7. The fourth-order valence-electron chi connectivity index (χ4n) is 1.42. The molecule has 0 aliphatic heterocycles. The molecule has 0 unspecified atom stereocenters. The molecule has 4 nitrogen and oxygen atoms in total. The van der Waals surface area contributed by atoms with E-state index in [-0.39, 0.29) is 22.7 Å². The average molecular weight is 309 g/mol. The zero-order valence-corrected chi connectivity index (χ0v) is 12.7. The highest BCUT2D eigenvalue weighted by Gasteiger charge is 2.22. The van der Waals surface area contributed by atoms with E-state index in [2.05, 4.69) is 4.72 Å². The van der Waals surface area contributed by atoms with Crippen LogP contribution >= 0.6 is 11.6 Å². The van der Waals surface area contributed by atoms with E-state index in [1.165, 1.54) is 6.07 Å². The van der Waals surface area contributed by atoms with Crippen LogP contribution in [-0.2, 0) is 10.0 Å². The number of benzene rings is 1. The van der Waals surface area contributed by atoms with E-state index in [1.807, 2.05) is 20.8 Å². The van der Waals surface area contributed by atoms with Crippen LogP contribution < -0.4 is 10.5 Å². The van der Waals surface area contributed by atoms with Gasteiger partial charge in [0, 0.05) is 12.2 Å². The van der Waals surface area contributed by atoms with Crippen molar-refractivity contribution in [3.63, 3.8) is 0 Å². The van der Waals surface area contributed by atoms with Crippen LogP contribution in [0.2, 0.25) is 5.02 Å². The first-order valence-electron chi connectivity index (χ1n) is 5.77. The van der Waals surface area contributed by atoms with E-state index in [4.69, 9.17) is 17.3 Å². The van der Waals surface area contributed by atoms with Crippen molar-refractivity contribution >= 4 is 27.3 Å². The molecule has 0 fully saturated rings. The van der Waals surface area contributed by atoms with E-state index >= 15 is 0 Å². The van der Waals surface area contributed by atoms with Crippen LogP contribution in [-0.4, -0.2) is 15.0 Å². The minimum atomic E-state index is -3.95. The third-order valence-corrected chi connectivity index (χ3v) is 4.21. The van der Waals surface area contributed by atoms with Gasteiger partial charge in [0.15, 0.2) is 5.82 Å². The summed E-state index contributed by atoms with van der Waals surface area (Å²) < 4.78 is 40.0. The topological polar surface area (TPSA) is 72.2 Å². The van der Waals surface area contributed by atoms with Crippen molar-refractivity contribution in [1.82, 2.24) is 4.72 Å². The highest BCUT2D eigenvalue weighted by Crippen LogP contribution is 2.26. The monoisotopic (exact) mass is 308 g/mol. The summed E-state index contributed by atoms with van der Waals surface area (Å²) in [7, 11) is -3.95. The fraction of sp³-hybridized carbons (Fsp3) is 0.500. The van der Waals surface area contributed by atoms with Crippen LogP contribution in [0.3, 0.4) is 0 Å². The number of anilines is 1. The minimum Gasteiger partial charge on any atom is -0.399 e. The minimum absolute atomic E-state index is 0.0194. The van der Waals surface area contributed by atoms with Crippen LogP contribution in [0, 0.1) is 11.2 Å². The number of rotatable bonds is 4. The third kappa shape index (κ3) is 4.63. The van der Waals surface area contributed by atoms with Gasteiger partial charge in [-0.1, -0.05) is 32.4 Å². The van der Waals surface area contributed by atoms with Gasteiger partial charge in [0.2, 0.25) is 10.0 Å². The summed E-state index contributed by atoms with van der Waals surface area (Å²) in [5, 5.41) is -0.309. The predicted molar refractivity (Wildman–Crippen MR) is 75.1 cm³/mol. The Morgan fingerprint density at radius 3 is 2.47 bits per heavy atom. The third-order valence-electron chi connectivity index (χ3n) is 2.47. The Kier molecular flexibility index (Phi) is 4.81. The van der Waals surface area contributed by atoms with E-state index in [0.29, 0.717) is 6.42 Å². The maximum absolute atomic E-state index is 13.7. The van der Waals surface area contributed by atoms with Crippen LogP contribution in [0.1, 0.15) is 27.2 Å². The molecule has 0 aliphatic rings. The van der Waals surface area contributed by atoms with Crippen LogP contribution in [0.5, 0.6) is 0 Å². The van der Waals surface area contributed by atoms with Gasteiger partial charge in [-0.15, -0.1) is 0 Å². The molecule has 108 valence electrons. The van der Waals surface area contributed by atoms with E-state index in [9.17, 15) is 12.8 Å². The van der Waals surface area contributed by atoms with Crippen LogP contribution in [0.4, 0.5) is 10.1 Å². The molecule has 0 aliphatic carbocycles. The molecule has 0 heterocycles. The van der Waals surface area contributed by atoms with E-state index < -0.39 is 20.7 Å². The SMILES string of the molecule is CC(C)(C)CCNS(=O)(=O)c1cc(N)cc(Cl)c1F. The molecule has 7 heteroatoms. The Bertz CT molecular complexity index is 568. The first-order valence-corrected chi connectivity index (χ1v) is 7.63. The van der Waals surface area contributed by atoms with Crippen molar-refractivity contribution in [2.24, 2.45) is 5.41 Å². The summed E-state index contributed by atoms with van der Waals surface area (Å²) in [6.07, 6.45) is 0.629. The quantitative estimate of drug-likeness (QED) is 0.840. The second kappa shape index (κ2) is 5.64. The number of hydrogen-bond donors (Lipinski definition) is 2. The van der Waals surface area contributed by atoms with Gasteiger partial charge in [0.1, 0.15) is 4.90 Å². The summed E-state index contributed by atoms with van der Waals surface area (Å²) in [6, 6.07) is 2.23. The largest absolute Gasteiger partial charge is 0.399 e. The zero-order valence-electron chi connectivity index (χ0n) is 11.1. The van der Waals surface area contributed by atoms with Crippen LogP contribution in [0.15, 0.2) is 17.0 Å². The molecule has 0 saturated carbocycles. The summed E-state index contributed by atoms with van der Waals surface area (Å²) >= 11 is 5.58. The first kappa shape index (κ1) is 16.2. The Hall–Kier alpha value is -0.850. The smallest absolute Gasteiger partial charge is 0.243 e. The maximum Gasteiger partial charge on any atom is 0.243 e. The lowest BCUT2D eigenvalue weighted by Crippen LogP contribution is -2.28. The number of nitrogens with one attached hydrogen (secondary N) is 1. The molecular formula is C12H18ClFN2O2S. The number of nitrogens with two attached hydrogens (primary N) is 1. The zero-order chi connectivity index (χ0) is 14.8. The van der Waals surface area contributed by atoms with Crippen molar-refractivity contribution in [2.75, 3.05) is 12.3 Å². The van der Waals surface area contributed by atoms with E-state index in [1.54, 1.807) is 0 Å². The molecule has 1 rings (SSSR count). The van der Waals surface area contributed by atoms with Crippen LogP contribution in [0.25, 0.3) is 0 Å². The van der Waals surface area contributed by atoms with Crippen molar-refractivity contribution in [2.45, 2.75) is 32.1 Å². The van der Waals surface area contributed by atoms with Gasteiger partial charge < -0.3 is 5.73 Å². The van der Waals surface area contributed by atoms with Gasteiger partial charge in [0.05, 0.1) is 5.02 Å². The highest BCUT2D eigenvalue weighted by atomic mass is 35.5. The lowest BCUT2D eigenvalue weighted by molar-refractivity contribution is 0.378. The Labute approximate surface area is 118 Å². The lowest BCUT2D eigenvalue weighted by Gasteiger charge is -2.18. The number of sulfonamides is 1. The summed E-state index contributed by atoms with van der Waals surface area (Å²) in [4.78, 5) is -0.522. The van der Waals surface area contributed by atoms with Gasteiger partial charge in [0.25, 0.3) is 0 Å². The average Bonchev–Trinajstić information content (AvgIpc) is 2.20. The Balaban J connectivity index is 2.95. The molecule has 0 amide bonds. The van der Waals surface area contributed by atoms with Gasteiger partial charge >= 0.3 is 0 Å². The molecule has 3 N–H and O–H groups in total. The summed E-state index contributed by atoms with van der Waals surface area (Å²) in [5.41, 5.74) is 5.56. The van der Waals surface area contributed by atoms with E-state index in [0.717, 1.165) is 6.07 Å². The highest BCUT2D eigenvalue weighted by molar-refractivity contribution is 7.89. The molecule has 0 atom stereocenters. The Morgan fingerprint density at radius 2 is 1.95 bits per heavy atom. The molecule has 1 aromatic rings. The van der Waals surface area contributed by atoms with Gasteiger partial charge in [-0.25, -0.2) is 17.5 Å². The molecule has 0 radical (unpaired) electrons.